The van der Waals surface area contributed by atoms with Gasteiger partial charge >= 0.3 is 0 Å². The van der Waals surface area contributed by atoms with E-state index in [4.69, 9.17) is 4.74 Å². The first-order valence-corrected chi connectivity index (χ1v) is 7.83. The van der Waals surface area contributed by atoms with Crippen LogP contribution in [0.4, 0.5) is 0 Å². The molecule has 0 amide bonds. The lowest BCUT2D eigenvalue weighted by Crippen LogP contribution is -2.09. The molecular formula is C13H14BrNO2S. The van der Waals surface area contributed by atoms with E-state index < -0.39 is 6.10 Å². The van der Waals surface area contributed by atoms with E-state index in [9.17, 15) is 4.79 Å². The number of aldehydes is 1. The quantitative estimate of drug-likeness (QED) is 0.797. The second-order valence-electron chi connectivity index (χ2n) is 4.12. The molecule has 1 aromatic carbocycles. The third-order valence-electron chi connectivity index (χ3n) is 2.67. The molecule has 0 aromatic heterocycles. The molecule has 0 saturated carbocycles. The van der Waals surface area contributed by atoms with Crippen LogP contribution in [0.5, 0.6) is 0 Å². The number of hydrogen-bond acceptors (Lipinski definition) is 4. The summed E-state index contributed by atoms with van der Waals surface area (Å²) < 4.78 is 6.54. The van der Waals surface area contributed by atoms with Crippen LogP contribution < -0.4 is 0 Å². The van der Waals surface area contributed by atoms with Gasteiger partial charge in [-0.25, -0.2) is 4.99 Å². The molecule has 1 heterocycles. The van der Waals surface area contributed by atoms with E-state index in [0.29, 0.717) is 5.90 Å². The van der Waals surface area contributed by atoms with Crippen molar-refractivity contribution in [3.05, 3.63) is 33.8 Å². The van der Waals surface area contributed by atoms with Crippen molar-refractivity contribution < 1.29 is 9.53 Å². The lowest BCUT2D eigenvalue weighted by molar-refractivity contribution is -0.113. The van der Waals surface area contributed by atoms with E-state index in [-0.39, 0.29) is 6.04 Å². The average Bonchev–Trinajstić information content (AvgIpc) is 2.69. The zero-order chi connectivity index (χ0) is 13.1. The van der Waals surface area contributed by atoms with Gasteiger partial charge in [-0.1, -0.05) is 12.1 Å². The van der Waals surface area contributed by atoms with Gasteiger partial charge in [0.1, 0.15) is 0 Å². The van der Waals surface area contributed by atoms with Crippen LogP contribution in [0.2, 0.25) is 0 Å². The molecular weight excluding hydrogens is 314 g/mol. The summed E-state index contributed by atoms with van der Waals surface area (Å²) in [7, 11) is 0. The normalized spacial score (nSPS) is 21.5. The van der Waals surface area contributed by atoms with Crippen molar-refractivity contribution in [2.75, 3.05) is 12.0 Å². The van der Waals surface area contributed by atoms with E-state index in [0.717, 1.165) is 27.6 Å². The van der Waals surface area contributed by atoms with Gasteiger partial charge in [0.25, 0.3) is 0 Å². The third kappa shape index (κ3) is 2.62. The summed E-state index contributed by atoms with van der Waals surface area (Å²) in [6, 6.07) is 5.91. The standard InChI is InChI=1S/C13H14BrNO2S/c1-8(7-18-2)15-13-12-9(11(6-16)17-13)4-3-5-10(12)14/h3-6,8,11H,7H2,1-2H3. The second-order valence-corrected chi connectivity index (χ2v) is 5.88. The molecule has 2 rings (SSSR count). The van der Waals surface area contributed by atoms with Gasteiger partial charge in [0.2, 0.25) is 5.90 Å². The Kier molecular flexibility index (Phi) is 4.45. The number of ether oxygens (including phenoxy) is 1. The lowest BCUT2D eigenvalue weighted by Gasteiger charge is -2.07. The average molecular weight is 328 g/mol. The molecule has 0 aliphatic carbocycles. The maximum Gasteiger partial charge on any atom is 0.219 e. The fourth-order valence-corrected chi connectivity index (χ4v) is 3.03. The van der Waals surface area contributed by atoms with E-state index in [2.05, 4.69) is 20.9 Å². The smallest absolute Gasteiger partial charge is 0.219 e. The van der Waals surface area contributed by atoms with Crippen molar-refractivity contribution in [3.8, 4) is 0 Å². The summed E-state index contributed by atoms with van der Waals surface area (Å²) in [6.45, 7) is 2.04. The Morgan fingerprint density at radius 3 is 3.06 bits per heavy atom. The second kappa shape index (κ2) is 5.89. The molecule has 0 N–H and O–H groups in total. The molecule has 18 heavy (non-hydrogen) atoms. The fourth-order valence-electron chi connectivity index (χ4n) is 1.92. The zero-order valence-corrected chi connectivity index (χ0v) is 12.6. The predicted molar refractivity (Wildman–Crippen MR) is 78.4 cm³/mol. The molecule has 3 nitrogen and oxygen atoms in total. The van der Waals surface area contributed by atoms with Gasteiger partial charge in [0.15, 0.2) is 12.4 Å². The fraction of sp³-hybridized carbons (Fsp3) is 0.385. The summed E-state index contributed by atoms with van der Waals surface area (Å²) in [4.78, 5) is 15.6. The highest BCUT2D eigenvalue weighted by Gasteiger charge is 2.31. The number of carbonyl (C=O) groups is 1. The Hall–Kier alpha value is -0.810. The Bertz CT molecular complexity index is 490. The molecule has 0 saturated heterocycles. The SMILES string of the molecule is CSCC(C)N=C1OC(C=O)c2cccc(Br)c21. The highest BCUT2D eigenvalue weighted by molar-refractivity contribution is 9.10. The van der Waals surface area contributed by atoms with E-state index in [1.165, 1.54) is 0 Å². The molecule has 1 aromatic rings. The van der Waals surface area contributed by atoms with Crippen LogP contribution in [0.15, 0.2) is 27.7 Å². The summed E-state index contributed by atoms with van der Waals surface area (Å²) in [5, 5.41) is 0. The van der Waals surface area contributed by atoms with Crippen molar-refractivity contribution in [3.63, 3.8) is 0 Å². The Labute approximate surface area is 119 Å². The summed E-state index contributed by atoms with van der Waals surface area (Å²) in [5.41, 5.74) is 1.79. The van der Waals surface area contributed by atoms with Gasteiger partial charge in [-0.15, -0.1) is 0 Å². The first-order chi connectivity index (χ1) is 8.67. The van der Waals surface area contributed by atoms with Crippen molar-refractivity contribution in [2.45, 2.75) is 19.1 Å². The van der Waals surface area contributed by atoms with Gasteiger partial charge in [-0.05, 0) is 35.2 Å². The molecule has 0 radical (unpaired) electrons. The molecule has 0 spiro atoms. The van der Waals surface area contributed by atoms with Crippen LogP contribution in [-0.4, -0.2) is 30.2 Å². The van der Waals surface area contributed by atoms with Crippen molar-refractivity contribution in [2.24, 2.45) is 4.99 Å². The van der Waals surface area contributed by atoms with E-state index in [1.54, 1.807) is 11.8 Å². The number of rotatable bonds is 4. The van der Waals surface area contributed by atoms with Crippen LogP contribution in [0.25, 0.3) is 0 Å². The monoisotopic (exact) mass is 327 g/mol. The Morgan fingerprint density at radius 1 is 1.61 bits per heavy atom. The summed E-state index contributed by atoms with van der Waals surface area (Å²) >= 11 is 5.23. The molecule has 1 aliphatic heterocycles. The largest absolute Gasteiger partial charge is 0.461 e. The Balaban J connectivity index is 2.40. The maximum absolute atomic E-state index is 11.0. The first kappa shape index (κ1) is 13.6. The molecule has 5 heteroatoms. The minimum Gasteiger partial charge on any atom is -0.461 e. The third-order valence-corrected chi connectivity index (χ3v) is 4.15. The van der Waals surface area contributed by atoms with Gasteiger partial charge in [-0.2, -0.15) is 11.8 Å². The number of aliphatic imine (C=N–C) groups is 1. The number of fused-ring (bicyclic) bond motifs is 1. The number of halogens is 1. The first-order valence-electron chi connectivity index (χ1n) is 5.64. The minimum atomic E-state index is -0.530. The highest BCUT2D eigenvalue weighted by Crippen LogP contribution is 2.34. The minimum absolute atomic E-state index is 0.167. The lowest BCUT2D eigenvalue weighted by atomic mass is 10.1. The molecule has 2 atom stereocenters. The van der Waals surface area contributed by atoms with Crippen molar-refractivity contribution in [1.29, 1.82) is 0 Å². The van der Waals surface area contributed by atoms with Crippen molar-refractivity contribution in [1.82, 2.24) is 0 Å². The molecule has 2 unspecified atom stereocenters. The highest BCUT2D eigenvalue weighted by atomic mass is 79.9. The van der Waals surface area contributed by atoms with Crippen LogP contribution in [-0.2, 0) is 9.53 Å². The molecule has 96 valence electrons. The van der Waals surface area contributed by atoms with Crippen LogP contribution in [0.1, 0.15) is 24.2 Å². The number of nitrogens with zero attached hydrogens (tertiary/aromatic N) is 1. The van der Waals surface area contributed by atoms with E-state index >= 15 is 0 Å². The number of benzene rings is 1. The maximum atomic E-state index is 11.0. The topological polar surface area (TPSA) is 38.7 Å². The van der Waals surface area contributed by atoms with Gasteiger partial charge < -0.3 is 4.74 Å². The zero-order valence-electron chi connectivity index (χ0n) is 10.2. The number of thioether (sulfide) groups is 1. The number of hydrogen-bond donors (Lipinski definition) is 0. The van der Waals surface area contributed by atoms with Crippen LogP contribution in [0, 0.1) is 0 Å². The molecule has 1 aliphatic rings. The van der Waals surface area contributed by atoms with Gasteiger partial charge in [0, 0.05) is 15.8 Å². The van der Waals surface area contributed by atoms with Gasteiger partial charge in [0.05, 0.1) is 11.6 Å². The molecule has 0 fully saturated rings. The molecule has 0 bridgehead atoms. The van der Waals surface area contributed by atoms with Crippen LogP contribution in [0.3, 0.4) is 0 Å². The predicted octanol–water partition coefficient (Wildman–Crippen LogP) is 3.22. The van der Waals surface area contributed by atoms with E-state index in [1.807, 2.05) is 31.4 Å². The Morgan fingerprint density at radius 2 is 2.39 bits per heavy atom. The van der Waals surface area contributed by atoms with Crippen molar-refractivity contribution >= 4 is 39.9 Å². The summed E-state index contributed by atoms with van der Waals surface area (Å²) in [5.74, 6) is 1.49. The summed E-state index contributed by atoms with van der Waals surface area (Å²) in [6.07, 6.45) is 2.33. The van der Waals surface area contributed by atoms with Gasteiger partial charge in [-0.3, -0.25) is 4.79 Å². The van der Waals surface area contributed by atoms with Crippen LogP contribution >= 0.6 is 27.7 Å². The number of carbonyl (C=O) groups excluding carboxylic acids is 1.